The van der Waals surface area contributed by atoms with Gasteiger partial charge in [-0.2, -0.15) is 0 Å². The van der Waals surface area contributed by atoms with Gasteiger partial charge in [0.05, 0.1) is 12.2 Å². The fourth-order valence-corrected chi connectivity index (χ4v) is 5.01. The summed E-state index contributed by atoms with van der Waals surface area (Å²) in [6.07, 6.45) is 2.25. The van der Waals surface area contributed by atoms with Crippen molar-refractivity contribution in [2.45, 2.75) is 51.5 Å². The SMILES string of the molecule is Cn1c2c(c(=O)n1Cc1ccc(F)cc1)[C@H]1CC[C@]2(C)C1(C)C. The average Bonchev–Trinajstić information content (AvgIpc) is 2.95. The largest absolute Gasteiger partial charge is 0.289 e. The topological polar surface area (TPSA) is 26.9 Å². The molecular weight excluding hydrogens is 291 g/mol. The maximum absolute atomic E-state index is 13.1. The van der Waals surface area contributed by atoms with E-state index in [2.05, 4.69) is 25.5 Å². The van der Waals surface area contributed by atoms with E-state index in [0.717, 1.165) is 24.0 Å². The molecule has 2 aromatic rings. The van der Waals surface area contributed by atoms with Gasteiger partial charge in [-0.15, -0.1) is 0 Å². The smallest absolute Gasteiger partial charge is 0.270 e. The van der Waals surface area contributed by atoms with Crippen molar-refractivity contribution in [1.82, 2.24) is 9.36 Å². The quantitative estimate of drug-likeness (QED) is 0.833. The van der Waals surface area contributed by atoms with E-state index in [9.17, 15) is 9.18 Å². The van der Waals surface area contributed by atoms with Gasteiger partial charge in [0, 0.05) is 18.0 Å². The number of aromatic nitrogens is 2. The number of fused-ring (bicyclic) bond motifs is 5. The Morgan fingerprint density at radius 2 is 1.87 bits per heavy atom. The van der Waals surface area contributed by atoms with E-state index in [0.29, 0.717) is 12.5 Å². The number of benzene rings is 1. The molecule has 2 aliphatic rings. The fraction of sp³-hybridized carbons (Fsp3) is 0.526. The number of hydrogen-bond acceptors (Lipinski definition) is 1. The highest BCUT2D eigenvalue weighted by Gasteiger charge is 2.62. The lowest BCUT2D eigenvalue weighted by atomic mass is 9.70. The second kappa shape index (κ2) is 4.37. The van der Waals surface area contributed by atoms with Crippen LogP contribution in [0.2, 0.25) is 0 Å². The maximum Gasteiger partial charge on any atom is 0.270 e. The van der Waals surface area contributed by atoms with Gasteiger partial charge in [-0.1, -0.05) is 32.9 Å². The van der Waals surface area contributed by atoms with Crippen LogP contribution in [0.15, 0.2) is 29.1 Å². The summed E-state index contributed by atoms with van der Waals surface area (Å²) in [5.41, 5.74) is 3.52. The van der Waals surface area contributed by atoms with Crippen molar-refractivity contribution in [3.05, 3.63) is 57.3 Å². The second-order valence-corrected chi connectivity index (χ2v) is 7.92. The Balaban J connectivity index is 1.84. The number of nitrogens with zero attached hydrogens (tertiary/aromatic N) is 2. The molecule has 0 unspecified atom stereocenters. The predicted molar refractivity (Wildman–Crippen MR) is 88.3 cm³/mol. The first-order valence-electron chi connectivity index (χ1n) is 8.32. The second-order valence-electron chi connectivity index (χ2n) is 7.92. The molecule has 0 N–H and O–H groups in total. The Bertz CT molecular complexity index is 843. The summed E-state index contributed by atoms with van der Waals surface area (Å²) in [4.78, 5) is 13.0. The molecule has 1 heterocycles. The van der Waals surface area contributed by atoms with Crippen molar-refractivity contribution < 1.29 is 4.39 Å². The van der Waals surface area contributed by atoms with Crippen LogP contribution in [0.3, 0.4) is 0 Å². The van der Waals surface area contributed by atoms with Gasteiger partial charge < -0.3 is 0 Å². The third-order valence-electron chi connectivity index (χ3n) is 6.75. The van der Waals surface area contributed by atoms with Crippen LogP contribution in [0.5, 0.6) is 0 Å². The highest BCUT2D eigenvalue weighted by atomic mass is 19.1. The normalized spacial score (nSPS) is 27.4. The highest BCUT2D eigenvalue weighted by Crippen LogP contribution is 2.66. The minimum atomic E-state index is -0.247. The standard InChI is InChI=1S/C19H23FN2O/c1-18(2)14-9-10-19(18,3)16-15(14)17(23)22(21(16)4)11-12-5-7-13(20)8-6-12/h5-8,14H,9-11H2,1-4H3/t14-,19+/m1/s1. The van der Waals surface area contributed by atoms with Gasteiger partial charge in [0.2, 0.25) is 0 Å². The Morgan fingerprint density at radius 1 is 1.22 bits per heavy atom. The van der Waals surface area contributed by atoms with Crippen LogP contribution in [0, 0.1) is 11.2 Å². The average molecular weight is 314 g/mol. The summed E-state index contributed by atoms with van der Waals surface area (Å²) >= 11 is 0. The van der Waals surface area contributed by atoms with E-state index in [4.69, 9.17) is 0 Å². The fourth-order valence-electron chi connectivity index (χ4n) is 5.01. The molecule has 2 atom stereocenters. The van der Waals surface area contributed by atoms with Crippen molar-refractivity contribution in [2.24, 2.45) is 12.5 Å². The van der Waals surface area contributed by atoms with E-state index < -0.39 is 0 Å². The van der Waals surface area contributed by atoms with Crippen molar-refractivity contribution >= 4 is 0 Å². The van der Waals surface area contributed by atoms with Crippen LogP contribution in [-0.4, -0.2) is 9.36 Å². The third-order valence-corrected chi connectivity index (χ3v) is 6.75. The summed E-state index contributed by atoms with van der Waals surface area (Å²) in [6, 6.07) is 6.40. The zero-order chi connectivity index (χ0) is 16.6. The molecular formula is C19H23FN2O. The van der Waals surface area contributed by atoms with Crippen LogP contribution in [0.1, 0.15) is 56.4 Å². The van der Waals surface area contributed by atoms with Gasteiger partial charge >= 0.3 is 0 Å². The van der Waals surface area contributed by atoms with Crippen molar-refractivity contribution in [2.75, 3.05) is 0 Å². The van der Waals surface area contributed by atoms with Gasteiger partial charge in [-0.25, -0.2) is 9.07 Å². The molecule has 2 aliphatic carbocycles. The minimum absolute atomic E-state index is 0.0644. The van der Waals surface area contributed by atoms with E-state index in [1.165, 1.54) is 17.8 Å². The van der Waals surface area contributed by atoms with E-state index in [1.807, 2.05) is 11.7 Å². The third kappa shape index (κ3) is 1.67. The molecule has 0 spiro atoms. The van der Waals surface area contributed by atoms with Crippen LogP contribution >= 0.6 is 0 Å². The lowest BCUT2D eigenvalue weighted by Crippen LogP contribution is -2.35. The maximum atomic E-state index is 13.1. The van der Waals surface area contributed by atoms with Crippen LogP contribution < -0.4 is 5.56 Å². The number of rotatable bonds is 2. The van der Waals surface area contributed by atoms with Crippen molar-refractivity contribution in [3.63, 3.8) is 0 Å². The van der Waals surface area contributed by atoms with E-state index >= 15 is 0 Å². The minimum Gasteiger partial charge on any atom is -0.289 e. The number of hydrogen-bond donors (Lipinski definition) is 0. The first-order chi connectivity index (χ1) is 10.8. The molecule has 122 valence electrons. The van der Waals surface area contributed by atoms with Gasteiger partial charge in [-0.3, -0.25) is 9.48 Å². The molecule has 0 radical (unpaired) electrons. The molecule has 1 aromatic heterocycles. The predicted octanol–water partition coefficient (Wildman–Crippen LogP) is 3.55. The van der Waals surface area contributed by atoms with Gasteiger partial charge in [-0.05, 0) is 41.9 Å². The molecule has 4 heteroatoms. The van der Waals surface area contributed by atoms with Gasteiger partial charge in [0.1, 0.15) is 5.82 Å². The summed E-state index contributed by atoms with van der Waals surface area (Å²) in [5, 5.41) is 0. The molecule has 2 bridgehead atoms. The molecule has 0 saturated heterocycles. The van der Waals surface area contributed by atoms with Gasteiger partial charge in [0.25, 0.3) is 5.56 Å². The molecule has 3 nitrogen and oxygen atoms in total. The highest BCUT2D eigenvalue weighted by molar-refractivity contribution is 5.45. The monoisotopic (exact) mass is 314 g/mol. The Hall–Kier alpha value is -1.84. The zero-order valence-electron chi connectivity index (χ0n) is 14.2. The molecule has 0 aliphatic heterocycles. The Kier molecular flexibility index (Phi) is 2.80. The van der Waals surface area contributed by atoms with Crippen LogP contribution in [-0.2, 0) is 19.0 Å². The van der Waals surface area contributed by atoms with Crippen molar-refractivity contribution in [1.29, 1.82) is 0 Å². The molecule has 23 heavy (non-hydrogen) atoms. The molecule has 1 aromatic carbocycles. The number of halogens is 1. The van der Waals surface area contributed by atoms with Crippen LogP contribution in [0.25, 0.3) is 0 Å². The first-order valence-corrected chi connectivity index (χ1v) is 8.32. The zero-order valence-corrected chi connectivity index (χ0v) is 14.2. The lowest BCUT2D eigenvalue weighted by molar-refractivity contribution is 0.215. The summed E-state index contributed by atoms with van der Waals surface area (Å²) in [5.74, 6) is 0.110. The van der Waals surface area contributed by atoms with Crippen molar-refractivity contribution in [3.8, 4) is 0 Å². The summed E-state index contributed by atoms with van der Waals surface area (Å²) in [7, 11) is 1.99. The molecule has 1 fully saturated rings. The van der Waals surface area contributed by atoms with Crippen LogP contribution in [0.4, 0.5) is 4.39 Å². The lowest BCUT2D eigenvalue weighted by Gasteiger charge is -2.36. The molecule has 1 saturated carbocycles. The van der Waals surface area contributed by atoms with Gasteiger partial charge in [0.15, 0.2) is 0 Å². The summed E-state index contributed by atoms with van der Waals surface area (Å²) < 4.78 is 17.0. The summed E-state index contributed by atoms with van der Waals surface area (Å²) in [6.45, 7) is 7.40. The molecule has 4 rings (SSSR count). The van der Waals surface area contributed by atoms with E-state index in [-0.39, 0.29) is 22.2 Å². The Labute approximate surface area is 135 Å². The first kappa shape index (κ1) is 14.7. The van der Waals surface area contributed by atoms with E-state index in [1.54, 1.807) is 12.1 Å². The molecule has 0 amide bonds. The Morgan fingerprint density at radius 3 is 2.48 bits per heavy atom.